The highest BCUT2D eigenvalue weighted by atomic mass is 19.4. The second kappa shape index (κ2) is 4.26. The molecule has 7 unspecified atom stereocenters. The first-order valence-electron chi connectivity index (χ1n) is 7.53. The summed E-state index contributed by atoms with van der Waals surface area (Å²) in [6.07, 6.45) is -3.69. The minimum atomic E-state index is -4.78. The maximum atomic E-state index is 12.6. The summed E-state index contributed by atoms with van der Waals surface area (Å²) < 4.78 is 54.8. The first kappa shape index (κ1) is 14.5. The van der Waals surface area contributed by atoms with Crippen LogP contribution >= 0.6 is 0 Å². The van der Waals surface area contributed by atoms with E-state index < -0.39 is 29.9 Å². The fraction of sp³-hybridized carbons (Fsp3) is 0.800. The quantitative estimate of drug-likeness (QED) is 0.579. The van der Waals surface area contributed by atoms with Gasteiger partial charge in [0.25, 0.3) is 0 Å². The number of halogens is 3. The Bertz CT molecular complexity index is 543. The molecular formula is C15H17F3O4. The van der Waals surface area contributed by atoms with Crippen molar-refractivity contribution in [3.8, 4) is 0 Å². The second-order valence-corrected chi connectivity index (χ2v) is 6.89. The molecule has 7 atom stereocenters. The number of ether oxygens (including phenoxy) is 3. The van der Waals surface area contributed by atoms with Gasteiger partial charge in [0.05, 0.1) is 11.7 Å². The molecule has 0 aromatic rings. The van der Waals surface area contributed by atoms with Crippen molar-refractivity contribution in [1.82, 2.24) is 0 Å². The average Bonchev–Trinajstić information content (AvgIpc) is 3.03. The van der Waals surface area contributed by atoms with Gasteiger partial charge in [-0.3, -0.25) is 0 Å². The molecule has 1 saturated carbocycles. The third-order valence-corrected chi connectivity index (χ3v) is 5.68. The molecule has 1 aliphatic carbocycles. The van der Waals surface area contributed by atoms with Crippen LogP contribution in [-0.4, -0.2) is 42.2 Å². The molecule has 0 aromatic heterocycles. The zero-order chi connectivity index (χ0) is 15.9. The summed E-state index contributed by atoms with van der Waals surface area (Å²) >= 11 is 0. The van der Waals surface area contributed by atoms with Gasteiger partial charge in [0.1, 0.15) is 17.8 Å². The minimum Gasteiger partial charge on any atom is -0.453 e. The van der Waals surface area contributed by atoms with Crippen molar-refractivity contribution in [2.45, 2.75) is 62.4 Å². The Morgan fingerprint density at radius 2 is 2.05 bits per heavy atom. The van der Waals surface area contributed by atoms with E-state index in [1.807, 2.05) is 6.92 Å². The zero-order valence-electron chi connectivity index (χ0n) is 12.1. The van der Waals surface area contributed by atoms with E-state index in [0.717, 1.165) is 19.3 Å². The van der Waals surface area contributed by atoms with Crippen LogP contribution in [0.1, 0.15) is 26.2 Å². The Morgan fingerprint density at radius 1 is 1.32 bits per heavy atom. The van der Waals surface area contributed by atoms with Crippen LogP contribution in [0.5, 0.6) is 0 Å². The number of rotatable bonds is 2. The normalized spacial score (nSPS) is 48.5. The van der Waals surface area contributed by atoms with E-state index in [2.05, 4.69) is 6.58 Å². The molecule has 4 fully saturated rings. The molecular weight excluding hydrogens is 301 g/mol. The van der Waals surface area contributed by atoms with Crippen LogP contribution in [0.3, 0.4) is 0 Å². The first-order valence-corrected chi connectivity index (χ1v) is 7.53. The standard InChI is InChI=1S/C15H17F3O4/c1-6(15(16,17)18)13(19)21-11-9-7-4-3-5-14(2)8(7)10(20-9)12(11)22-14/h7-12H,1,3-5H2,2H3. The highest BCUT2D eigenvalue weighted by molar-refractivity contribution is 5.89. The SMILES string of the molecule is C=C(C(=O)OC1C2OC3C1OC1(C)CCCC2C31)C(F)(F)F. The van der Waals surface area contributed by atoms with E-state index in [9.17, 15) is 18.0 Å². The van der Waals surface area contributed by atoms with Crippen LogP contribution < -0.4 is 0 Å². The number of carbonyl (C=O) groups is 1. The van der Waals surface area contributed by atoms with Gasteiger partial charge in [0, 0.05) is 5.92 Å². The van der Waals surface area contributed by atoms with Gasteiger partial charge in [-0.05, 0) is 25.7 Å². The fourth-order valence-electron chi connectivity index (χ4n) is 4.82. The summed E-state index contributed by atoms with van der Waals surface area (Å²) in [5.74, 6) is -0.975. The van der Waals surface area contributed by atoms with Gasteiger partial charge >= 0.3 is 12.1 Å². The van der Waals surface area contributed by atoms with Gasteiger partial charge in [-0.2, -0.15) is 13.2 Å². The third kappa shape index (κ3) is 1.75. The van der Waals surface area contributed by atoms with Crippen molar-refractivity contribution in [2.75, 3.05) is 0 Å². The zero-order valence-corrected chi connectivity index (χ0v) is 12.1. The molecule has 4 aliphatic rings. The van der Waals surface area contributed by atoms with Crippen LogP contribution in [0.25, 0.3) is 0 Å². The topological polar surface area (TPSA) is 44.8 Å². The smallest absolute Gasteiger partial charge is 0.422 e. The summed E-state index contributed by atoms with van der Waals surface area (Å²) in [7, 11) is 0. The highest BCUT2D eigenvalue weighted by Gasteiger charge is 2.72. The van der Waals surface area contributed by atoms with E-state index in [4.69, 9.17) is 14.2 Å². The lowest BCUT2D eigenvalue weighted by atomic mass is 9.65. The van der Waals surface area contributed by atoms with E-state index in [1.165, 1.54) is 0 Å². The lowest BCUT2D eigenvalue weighted by molar-refractivity contribution is -0.164. The first-order chi connectivity index (χ1) is 10.2. The van der Waals surface area contributed by atoms with Crippen molar-refractivity contribution < 1.29 is 32.2 Å². The molecule has 0 radical (unpaired) electrons. The maximum Gasteiger partial charge on any atom is 0.422 e. The van der Waals surface area contributed by atoms with E-state index in [0.29, 0.717) is 0 Å². The van der Waals surface area contributed by atoms with Gasteiger partial charge in [0.15, 0.2) is 6.10 Å². The lowest BCUT2D eigenvalue weighted by Crippen LogP contribution is -2.47. The largest absolute Gasteiger partial charge is 0.453 e. The molecule has 3 aliphatic heterocycles. The van der Waals surface area contributed by atoms with Gasteiger partial charge in [-0.25, -0.2) is 4.79 Å². The van der Waals surface area contributed by atoms with Gasteiger partial charge in [0.2, 0.25) is 0 Å². The van der Waals surface area contributed by atoms with Crippen LogP contribution in [0, 0.1) is 11.8 Å². The van der Waals surface area contributed by atoms with Gasteiger partial charge in [-0.1, -0.05) is 13.0 Å². The van der Waals surface area contributed by atoms with Crippen molar-refractivity contribution in [1.29, 1.82) is 0 Å². The molecule has 7 heteroatoms. The number of hydrogen-bond acceptors (Lipinski definition) is 4. The van der Waals surface area contributed by atoms with E-state index in [1.54, 1.807) is 0 Å². The summed E-state index contributed by atoms with van der Waals surface area (Å²) in [5.41, 5.74) is -1.80. The number of carbonyl (C=O) groups excluding carboxylic acids is 1. The molecule has 0 amide bonds. The lowest BCUT2D eigenvalue weighted by Gasteiger charge is -2.38. The minimum absolute atomic E-state index is 0.169. The third-order valence-electron chi connectivity index (χ3n) is 5.68. The predicted octanol–water partition coefficient (Wildman–Crippen LogP) is 2.37. The average molecular weight is 318 g/mol. The van der Waals surface area contributed by atoms with E-state index >= 15 is 0 Å². The molecule has 122 valence electrons. The molecule has 3 saturated heterocycles. The Morgan fingerprint density at radius 3 is 2.73 bits per heavy atom. The van der Waals surface area contributed by atoms with Crippen LogP contribution in [0.2, 0.25) is 0 Å². The summed E-state index contributed by atoms with van der Waals surface area (Å²) in [4.78, 5) is 11.7. The van der Waals surface area contributed by atoms with Crippen molar-refractivity contribution in [3.05, 3.63) is 12.2 Å². The Kier molecular flexibility index (Phi) is 2.81. The second-order valence-electron chi connectivity index (χ2n) is 6.89. The van der Waals surface area contributed by atoms with Crippen molar-refractivity contribution in [2.24, 2.45) is 11.8 Å². The van der Waals surface area contributed by atoms with E-state index in [-0.39, 0.29) is 29.6 Å². The predicted molar refractivity (Wildman–Crippen MR) is 67.8 cm³/mol. The molecule has 22 heavy (non-hydrogen) atoms. The highest BCUT2D eigenvalue weighted by Crippen LogP contribution is 2.61. The number of fused-ring (bicyclic) bond motifs is 2. The Hall–Kier alpha value is -1.08. The monoisotopic (exact) mass is 318 g/mol. The Labute approximate surface area is 125 Å². The Balaban J connectivity index is 1.56. The summed E-state index contributed by atoms with van der Waals surface area (Å²) in [5, 5.41) is 0. The molecule has 0 spiro atoms. The summed E-state index contributed by atoms with van der Waals surface area (Å²) in [6, 6.07) is 0. The van der Waals surface area contributed by atoms with Gasteiger partial charge in [-0.15, -0.1) is 0 Å². The molecule has 4 rings (SSSR count). The summed E-state index contributed by atoms with van der Waals surface area (Å²) in [6.45, 7) is 4.82. The number of hydrogen-bond donors (Lipinski definition) is 0. The molecule has 0 aromatic carbocycles. The number of esters is 1. The van der Waals surface area contributed by atoms with Crippen LogP contribution in [-0.2, 0) is 19.0 Å². The van der Waals surface area contributed by atoms with Crippen molar-refractivity contribution in [3.63, 3.8) is 0 Å². The maximum absolute atomic E-state index is 12.6. The molecule has 4 nitrogen and oxygen atoms in total. The van der Waals surface area contributed by atoms with Gasteiger partial charge < -0.3 is 14.2 Å². The molecule has 3 heterocycles. The van der Waals surface area contributed by atoms with Crippen molar-refractivity contribution >= 4 is 5.97 Å². The fourth-order valence-corrected chi connectivity index (χ4v) is 4.82. The molecule has 0 N–H and O–H groups in total. The molecule has 2 bridgehead atoms. The van der Waals surface area contributed by atoms with Crippen LogP contribution in [0.4, 0.5) is 13.2 Å². The number of alkyl halides is 3. The van der Waals surface area contributed by atoms with Crippen LogP contribution in [0.15, 0.2) is 12.2 Å².